The van der Waals surface area contributed by atoms with Gasteiger partial charge in [-0.3, -0.25) is 14.3 Å². The van der Waals surface area contributed by atoms with Gasteiger partial charge in [0.15, 0.2) is 0 Å². The van der Waals surface area contributed by atoms with Crippen LogP contribution in [0.2, 0.25) is 0 Å². The van der Waals surface area contributed by atoms with Gasteiger partial charge in [0.25, 0.3) is 0 Å². The summed E-state index contributed by atoms with van der Waals surface area (Å²) in [7, 11) is 1.60. The van der Waals surface area contributed by atoms with E-state index in [1.54, 1.807) is 27.8 Å². The highest BCUT2D eigenvalue weighted by atomic mass is 16.5. The minimum Gasteiger partial charge on any atom is -0.497 e. The van der Waals surface area contributed by atoms with Crippen molar-refractivity contribution >= 4 is 28.4 Å². The molecule has 1 saturated heterocycles. The van der Waals surface area contributed by atoms with Gasteiger partial charge in [0.1, 0.15) is 18.8 Å². The maximum atomic E-state index is 12.8. The molecule has 0 saturated carbocycles. The number of para-hydroxylation sites is 1. The number of methoxy groups -OCH3 is 1. The topological polar surface area (TPSA) is 67.7 Å². The fourth-order valence-corrected chi connectivity index (χ4v) is 3.68. The largest absolute Gasteiger partial charge is 0.497 e. The van der Waals surface area contributed by atoms with Gasteiger partial charge in [-0.05, 0) is 25.1 Å². The summed E-state index contributed by atoms with van der Waals surface area (Å²) in [6.45, 7) is 2.59. The van der Waals surface area contributed by atoms with Crippen LogP contribution in [0.3, 0.4) is 0 Å². The average molecular weight is 378 g/mol. The average Bonchev–Trinajstić information content (AvgIpc) is 3.10. The van der Waals surface area contributed by atoms with E-state index >= 15 is 0 Å². The first-order chi connectivity index (χ1) is 13.6. The summed E-state index contributed by atoms with van der Waals surface area (Å²) in [6, 6.07) is 15.0. The lowest BCUT2D eigenvalue weighted by atomic mass is 10.1. The number of hydrogen-bond acceptors (Lipinski definition) is 4. The Morgan fingerprint density at radius 1 is 1.21 bits per heavy atom. The number of rotatable bonds is 4. The Balaban J connectivity index is 1.49. The van der Waals surface area contributed by atoms with E-state index < -0.39 is 0 Å². The maximum Gasteiger partial charge on any atom is 0.246 e. The fourth-order valence-electron chi connectivity index (χ4n) is 3.68. The zero-order chi connectivity index (χ0) is 19.7. The molecule has 3 aromatic rings. The van der Waals surface area contributed by atoms with Crippen LogP contribution in [-0.4, -0.2) is 52.7 Å². The van der Waals surface area contributed by atoms with Crippen molar-refractivity contribution in [3.05, 3.63) is 54.7 Å². The second kappa shape index (κ2) is 7.34. The van der Waals surface area contributed by atoms with Crippen molar-refractivity contribution in [3.8, 4) is 5.75 Å². The van der Waals surface area contributed by atoms with Crippen LogP contribution in [-0.2, 0) is 16.1 Å². The maximum absolute atomic E-state index is 12.8. The highest BCUT2D eigenvalue weighted by Gasteiger charge is 2.33. The van der Waals surface area contributed by atoms with Gasteiger partial charge in [-0.2, -0.15) is 5.10 Å². The van der Waals surface area contributed by atoms with Crippen LogP contribution in [0, 0.1) is 0 Å². The van der Waals surface area contributed by atoms with Gasteiger partial charge in [-0.25, -0.2) is 0 Å². The van der Waals surface area contributed by atoms with Gasteiger partial charge in [-0.1, -0.05) is 24.3 Å². The second-order valence-electron chi connectivity index (χ2n) is 6.95. The molecule has 1 atom stereocenters. The number of aromatic nitrogens is 2. The lowest BCUT2D eigenvalue weighted by Gasteiger charge is -2.39. The first-order valence-electron chi connectivity index (χ1n) is 9.21. The van der Waals surface area contributed by atoms with Crippen molar-refractivity contribution in [1.29, 1.82) is 0 Å². The van der Waals surface area contributed by atoms with Gasteiger partial charge in [0.05, 0.1) is 24.9 Å². The summed E-state index contributed by atoms with van der Waals surface area (Å²) in [5, 5.41) is 5.30. The number of nitrogens with zero attached hydrogens (tertiary/aromatic N) is 4. The van der Waals surface area contributed by atoms with E-state index in [0.717, 1.165) is 16.6 Å². The number of carbonyl (C=O) groups excluding carboxylic acids is 2. The van der Waals surface area contributed by atoms with Crippen LogP contribution in [0.1, 0.15) is 6.92 Å². The minimum absolute atomic E-state index is 0.0551. The fraction of sp³-hybridized carbons (Fsp3) is 0.286. The molecule has 1 aromatic heterocycles. The van der Waals surface area contributed by atoms with Crippen molar-refractivity contribution in [2.45, 2.75) is 19.5 Å². The molecule has 7 nitrogen and oxygen atoms in total. The van der Waals surface area contributed by atoms with E-state index in [-0.39, 0.29) is 30.9 Å². The van der Waals surface area contributed by atoms with Crippen molar-refractivity contribution < 1.29 is 14.3 Å². The van der Waals surface area contributed by atoms with Crippen LogP contribution in [0.25, 0.3) is 10.9 Å². The highest BCUT2D eigenvalue weighted by Crippen LogP contribution is 2.25. The van der Waals surface area contributed by atoms with Crippen molar-refractivity contribution in [2.24, 2.45) is 0 Å². The molecule has 28 heavy (non-hydrogen) atoms. The molecule has 0 N–H and O–H groups in total. The van der Waals surface area contributed by atoms with Crippen LogP contribution >= 0.6 is 0 Å². The normalized spacial score (nSPS) is 17.2. The molecule has 1 unspecified atom stereocenters. The molecule has 2 amide bonds. The van der Waals surface area contributed by atoms with E-state index in [4.69, 9.17) is 4.74 Å². The number of fused-ring (bicyclic) bond motifs is 1. The number of anilines is 1. The quantitative estimate of drug-likeness (QED) is 0.699. The van der Waals surface area contributed by atoms with Crippen LogP contribution in [0.15, 0.2) is 54.7 Å². The lowest BCUT2D eigenvalue weighted by Crippen LogP contribution is -2.57. The third kappa shape index (κ3) is 3.31. The molecular formula is C21H22N4O3. The predicted octanol–water partition coefficient (Wildman–Crippen LogP) is 2.31. The summed E-state index contributed by atoms with van der Waals surface area (Å²) in [4.78, 5) is 29.0. The lowest BCUT2D eigenvalue weighted by molar-refractivity contribution is -0.138. The molecule has 2 heterocycles. The number of ether oxygens (including phenoxy) is 1. The molecule has 1 aliphatic heterocycles. The van der Waals surface area contributed by atoms with Crippen molar-refractivity contribution in [1.82, 2.24) is 14.7 Å². The van der Waals surface area contributed by atoms with E-state index in [1.807, 2.05) is 55.5 Å². The molecule has 4 rings (SSSR count). The number of hydrogen-bond donors (Lipinski definition) is 0. The van der Waals surface area contributed by atoms with Crippen LogP contribution in [0.5, 0.6) is 5.75 Å². The van der Waals surface area contributed by atoms with Crippen LogP contribution in [0.4, 0.5) is 5.69 Å². The molecule has 1 fully saturated rings. The third-order valence-electron chi connectivity index (χ3n) is 5.04. The van der Waals surface area contributed by atoms with Crippen LogP contribution < -0.4 is 9.64 Å². The summed E-state index contributed by atoms with van der Waals surface area (Å²) in [5.41, 5.74) is 1.69. The summed E-state index contributed by atoms with van der Waals surface area (Å²) >= 11 is 0. The summed E-state index contributed by atoms with van der Waals surface area (Å²) in [5.74, 6) is 0.478. The summed E-state index contributed by atoms with van der Waals surface area (Å²) < 4.78 is 6.94. The molecule has 0 spiro atoms. The molecule has 7 heteroatoms. The first kappa shape index (κ1) is 18.0. The molecule has 144 valence electrons. The summed E-state index contributed by atoms with van der Waals surface area (Å²) in [6.07, 6.45) is 1.75. The molecular weight excluding hydrogens is 356 g/mol. The second-order valence-corrected chi connectivity index (χ2v) is 6.95. The highest BCUT2D eigenvalue weighted by molar-refractivity contribution is 5.98. The Hall–Kier alpha value is -3.35. The number of amides is 2. The molecule has 0 aliphatic carbocycles. The molecule has 2 aromatic carbocycles. The Labute approximate surface area is 163 Å². The van der Waals surface area contributed by atoms with Gasteiger partial charge >= 0.3 is 0 Å². The van der Waals surface area contributed by atoms with Gasteiger partial charge in [0.2, 0.25) is 11.8 Å². The van der Waals surface area contributed by atoms with Gasteiger partial charge < -0.3 is 14.5 Å². The Morgan fingerprint density at radius 2 is 2.04 bits per heavy atom. The molecule has 0 bridgehead atoms. The SMILES string of the molecule is COc1cccc(N2C(=O)CN(C(=O)Cn3ncc4ccccc43)CC2C)c1. The van der Waals surface area contributed by atoms with Crippen molar-refractivity contribution in [3.63, 3.8) is 0 Å². The predicted molar refractivity (Wildman–Crippen MR) is 106 cm³/mol. The van der Waals surface area contributed by atoms with Crippen molar-refractivity contribution in [2.75, 3.05) is 25.1 Å². The van der Waals surface area contributed by atoms with E-state index in [0.29, 0.717) is 12.3 Å². The smallest absolute Gasteiger partial charge is 0.246 e. The van der Waals surface area contributed by atoms with E-state index in [1.165, 1.54) is 0 Å². The van der Waals surface area contributed by atoms with E-state index in [2.05, 4.69) is 5.10 Å². The number of piperazine rings is 1. The number of benzene rings is 2. The molecule has 1 aliphatic rings. The standard InChI is InChI=1S/C21H22N4O3/c1-15-12-23(13-21(27)25(15)17-7-5-8-18(10-17)28-2)20(26)14-24-19-9-4-3-6-16(19)11-22-24/h3-11,15H,12-14H2,1-2H3. The zero-order valence-electron chi connectivity index (χ0n) is 15.9. The Kier molecular flexibility index (Phi) is 4.73. The monoisotopic (exact) mass is 378 g/mol. The zero-order valence-corrected chi connectivity index (χ0v) is 15.9. The van der Waals surface area contributed by atoms with E-state index in [9.17, 15) is 9.59 Å². The third-order valence-corrected chi connectivity index (χ3v) is 5.04. The van der Waals surface area contributed by atoms with Gasteiger partial charge in [-0.15, -0.1) is 0 Å². The first-order valence-corrected chi connectivity index (χ1v) is 9.21. The number of carbonyl (C=O) groups is 2. The Morgan fingerprint density at radius 3 is 2.82 bits per heavy atom. The Bertz CT molecular complexity index is 1030. The van der Waals surface area contributed by atoms with Gasteiger partial charge in [0, 0.05) is 23.7 Å². The molecule has 0 radical (unpaired) electrons. The minimum atomic E-state index is -0.133.